The van der Waals surface area contributed by atoms with Gasteiger partial charge in [-0.25, -0.2) is 0 Å². The molecule has 1 atom stereocenters. The van der Waals surface area contributed by atoms with E-state index in [0.717, 1.165) is 0 Å². The van der Waals surface area contributed by atoms with Crippen molar-refractivity contribution < 1.29 is 19.4 Å². The topological polar surface area (TPSA) is 92.9 Å². The first kappa shape index (κ1) is 15.9. The van der Waals surface area contributed by atoms with Gasteiger partial charge in [-0.05, 0) is 19.8 Å². The Morgan fingerprint density at radius 1 is 1.42 bits per heavy atom. The quantitative estimate of drug-likeness (QED) is 0.726. The van der Waals surface area contributed by atoms with E-state index in [1.165, 1.54) is 0 Å². The van der Waals surface area contributed by atoms with Crippen LogP contribution in [0.25, 0.3) is 0 Å². The predicted molar refractivity (Wildman–Crippen MR) is 70.6 cm³/mol. The van der Waals surface area contributed by atoms with Crippen molar-refractivity contribution in [1.82, 2.24) is 4.90 Å². The van der Waals surface area contributed by atoms with E-state index in [0.29, 0.717) is 32.6 Å². The molecule has 0 saturated carbocycles. The van der Waals surface area contributed by atoms with Crippen LogP contribution < -0.4 is 5.73 Å². The molecular weight excluding hydrogens is 248 g/mol. The first-order chi connectivity index (χ1) is 8.96. The molecule has 1 saturated heterocycles. The average molecular weight is 272 g/mol. The van der Waals surface area contributed by atoms with Crippen LogP contribution in [0.3, 0.4) is 0 Å². The van der Waals surface area contributed by atoms with Gasteiger partial charge in [-0.1, -0.05) is 6.92 Å². The SMILES string of the molecule is CCN(CC(C)C(=O)O)C(=O)C1(CN)CCOCC1. The minimum atomic E-state index is -0.889. The fourth-order valence-electron chi connectivity index (χ4n) is 2.37. The van der Waals surface area contributed by atoms with Gasteiger partial charge in [-0.15, -0.1) is 0 Å². The number of nitrogens with zero attached hydrogens (tertiary/aromatic N) is 1. The molecule has 0 aromatic rings. The molecule has 1 amide bonds. The molecule has 0 aromatic carbocycles. The van der Waals surface area contributed by atoms with Gasteiger partial charge in [-0.2, -0.15) is 0 Å². The maximum atomic E-state index is 12.6. The van der Waals surface area contributed by atoms with Crippen LogP contribution in [-0.4, -0.2) is 54.7 Å². The summed E-state index contributed by atoms with van der Waals surface area (Å²) in [6.45, 7) is 5.55. The molecule has 110 valence electrons. The lowest BCUT2D eigenvalue weighted by atomic mass is 9.78. The molecule has 6 nitrogen and oxygen atoms in total. The highest BCUT2D eigenvalue weighted by Gasteiger charge is 2.41. The summed E-state index contributed by atoms with van der Waals surface area (Å²) >= 11 is 0. The van der Waals surface area contributed by atoms with E-state index in [-0.39, 0.29) is 19.0 Å². The number of carbonyl (C=O) groups is 2. The van der Waals surface area contributed by atoms with Crippen molar-refractivity contribution in [3.63, 3.8) is 0 Å². The number of rotatable bonds is 6. The lowest BCUT2D eigenvalue weighted by Crippen LogP contribution is -2.52. The number of hydrogen-bond acceptors (Lipinski definition) is 4. The van der Waals surface area contributed by atoms with Gasteiger partial charge >= 0.3 is 5.97 Å². The Bertz CT molecular complexity index is 327. The molecule has 0 aliphatic carbocycles. The zero-order valence-electron chi connectivity index (χ0n) is 11.7. The van der Waals surface area contributed by atoms with Crippen molar-refractivity contribution in [2.24, 2.45) is 17.1 Å². The maximum Gasteiger partial charge on any atom is 0.308 e. The molecule has 1 unspecified atom stereocenters. The lowest BCUT2D eigenvalue weighted by molar-refractivity contribution is -0.150. The Morgan fingerprint density at radius 2 is 2.00 bits per heavy atom. The Kier molecular flexibility index (Phi) is 5.75. The van der Waals surface area contributed by atoms with E-state index in [2.05, 4.69) is 0 Å². The Labute approximate surface area is 113 Å². The van der Waals surface area contributed by atoms with E-state index in [1.54, 1.807) is 11.8 Å². The van der Waals surface area contributed by atoms with E-state index in [9.17, 15) is 9.59 Å². The van der Waals surface area contributed by atoms with Crippen LogP contribution in [0.15, 0.2) is 0 Å². The summed E-state index contributed by atoms with van der Waals surface area (Å²) in [5.74, 6) is -1.49. The third-order valence-electron chi connectivity index (χ3n) is 3.88. The van der Waals surface area contributed by atoms with Gasteiger partial charge in [0.05, 0.1) is 11.3 Å². The molecule has 1 aliphatic rings. The standard InChI is InChI=1S/C13H24N2O4/c1-3-15(8-10(2)11(16)17)12(18)13(9-14)4-6-19-7-5-13/h10H,3-9,14H2,1-2H3,(H,16,17). The highest BCUT2D eigenvalue weighted by atomic mass is 16.5. The average Bonchev–Trinajstić information content (AvgIpc) is 2.44. The smallest absolute Gasteiger partial charge is 0.308 e. The number of amides is 1. The summed E-state index contributed by atoms with van der Waals surface area (Å²) in [6.07, 6.45) is 1.22. The second-order valence-electron chi connectivity index (χ2n) is 5.18. The van der Waals surface area contributed by atoms with Crippen molar-refractivity contribution in [3.05, 3.63) is 0 Å². The maximum absolute atomic E-state index is 12.6. The summed E-state index contributed by atoms with van der Waals surface area (Å²) in [6, 6.07) is 0. The van der Waals surface area contributed by atoms with Crippen LogP contribution in [0.1, 0.15) is 26.7 Å². The minimum Gasteiger partial charge on any atom is -0.481 e. The van der Waals surface area contributed by atoms with Crippen molar-refractivity contribution in [3.8, 4) is 0 Å². The van der Waals surface area contributed by atoms with E-state index in [4.69, 9.17) is 15.6 Å². The number of carboxylic acids is 1. The molecule has 1 aliphatic heterocycles. The summed E-state index contributed by atoms with van der Waals surface area (Å²) in [7, 11) is 0. The largest absolute Gasteiger partial charge is 0.481 e. The molecule has 0 radical (unpaired) electrons. The van der Waals surface area contributed by atoms with Crippen LogP contribution in [-0.2, 0) is 14.3 Å². The number of ether oxygens (including phenoxy) is 1. The molecule has 0 spiro atoms. The number of hydrogen-bond donors (Lipinski definition) is 2. The third-order valence-corrected chi connectivity index (χ3v) is 3.88. The van der Waals surface area contributed by atoms with Gasteiger partial charge < -0.3 is 20.5 Å². The van der Waals surface area contributed by atoms with Crippen molar-refractivity contribution in [2.45, 2.75) is 26.7 Å². The molecule has 1 fully saturated rings. The molecule has 19 heavy (non-hydrogen) atoms. The fourth-order valence-corrected chi connectivity index (χ4v) is 2.37. The molecule has 1 heterocycles. The van der Waals surface area contributed by atoms with Gasteiger partial charge in [-0.3, -0.25) is 9.59 Å². The van der Waals surface area contributed by atoms with Gasteiger partial charge in [0.1, 0.15) is 0 Å². The summed E-state index contributed by atoms with van der Waals surface area (Å²) in [4.78, 5) is 25.2. The summed E-state index contributed by atoms with van der Waals surface area (Å²) < 4.78 is 5.29. The van der Waals surface area contributed by atoms with E-state index in [1.807, 2.05) is 6.92 Å². The van der Waals surface area contributed by atoms with Crippen LogP contribution in [0, 0.1) is 11.3 Å². The van der Waals surface area contributed by atoms with Gasteiger partial charge in [0.15, 0.2) is 0 Å². The number of carboxylic acid groups (broad SMARTS) is 1. The summed E-state index contributed by atoms with van der Waals surface area (Å²) in [5, 5.41) is 8.96. The van der Waals surface area contributed by atoms with E-state index < -0.39 is 17.3 Å². The zero-order valence-corrected chi connectivity index (χ0v) is 11.7. The number of nitrogens with two attached hydrogens (primary N) is 1. The molecule has 1 rings (SSSR count). The van der Waals surface area contributed by atoms with E-state index >= 15 is 0 Å². The van der Waals surface area contributed by atoms with Crippen molar-refractivity contribution in [2.75, 3.05) is 32.8 Å². The molecular formula is C13H24N2O4. The predicted octanol–water partition coefficient (Wildman–Crippen LogP) is 0.311. The Hall–Kier alpha value is -1.14. The molecule has 0 bridgehead atoms. The van der Waals surface area contributed by atoms with Crippen molar-refractivity contribution >= 4 is 11.9 Å². The number of carbonyl (C=O) groups excluding carboxylic acids is 1. The van der Waals surface area contributed by atoms with Crippen LogP contribution in [0.5, 0.6) is 0 Å². The summed E-state index contributed by atoms with van der Waals surface area (Å²) in [5.41, 5.74) is 5.23. The van der Waals surface area contributed by atoms with Crippen LogP contribution in [0.4, 0.5) is 0 Å². The fraction of sp³-hybridized carbons (Fsp3) is 0.846. The normalized spacial score (nSPS) is 19.7. The Balaban J connectivity index is 2.78. The first-order valence-corrected chi connectivity index (χ1v) is 6.77. The lowest BCUT2D eigenvalue weighted by Gasteiger charge is -2.39. The van der Waals surface area contributed by atoms with Gasteiger partial charge in [0, 0.05) is 32.8 Å². The second kappa shape index (κ2) is 6.86. The highest BCUT2D eigenvalue weighted by Crippen LogP contribution is 2.31. The highest BCUT2D eigenvalue weighted by molar-refractivity contribution is 5.83. The van der Waals surface area contributed by atoms with Gasteiger partial charge in [0.2, 0.25) is 5.91 Å². The third kappa shape index (κ3) is 3.67. The molecule has 0 aromatic heterocycles. The zero-order chi connectivity index (χ0) is 14.5. The van der Waals surface area contributed by atoms with Crippen molar-refractivity contribution in [1.29, 1.82) is 0 Å². The molecule has 3 N–H and O–H groups in total. The monoisotopic (exact) mass is 272 g/mol. The van der Waals surface area contributed by atoms with Gasteiger partial charge in [0.25, 0.3) is 0 Å². The second-order valence-corrected chi connectivity index (χ2v) is 5.18. The number of aliphatic carboxylic acids is 1. The van der Waals surface area contributed by atoms with Crippen LogP contribution in [0.2, 0.25) is 0 Å². The molecule has 6 heteroatoms. The first-order valence-electron chi connectivity index (χ1n) is 6.77. The minimum absolute atomic E-state index is 0.0334. The van der Waals surface area contributed by atoms with Crippen LogP contribution >= 0.6 is 0 Å². The Morgan fingerprint density at radius 3 is 2.42 bits per heavy atom.